The van der Waals surface area contributed by atoms with Crippen molar-refractivity contribution in [2.24, 2.45) is 5.92 Å². The zero-order chi connectivity index (χ0) is 20.8. The van der Waals surface area contributed by atoms with Gasteiger partial charge in [-0.15, -0.1) is 0 Å². The largest absolute Gasteiger partial charge is 0.325 e. The smallest absolute Gasteiger partial charge is 0.323 e. The summed E-state index contributed by atoms with van der Waals surface area (Å²) < 4.78 is 27.9. The molecule has 0 atom stereocenters. The maximum absolute atomic E-state index is 14.4. The topological polar surface area (TPSA) is 69.7 Å². The Morgan fingerprint density at radius 1 is 1.24 bits per heavy atom. The Labute approximate surface area is 168 Å². The van der Waals surface area contributed by atoms with Crippen LogP contribution >= 0.6 is 0 Å². The second kappa shape index (κ2) is 7.39. The lowest BCUT2D eigenvalue weighted by molar-refractivity contribution is -0.135. The van der Waals surface area contributed by atoms with E-state index in [0.717, 1.165) is 30.2 Å². The molecule has 1 saturated heterocycles. The number of nitrogens with one attached hydrogen (secondary N) is 1. The summed E-state index contributed by atoms with van der Waals surface area (Å²) in [5.41, 5.74) is -0.446. The highest BCUT2D eigenvalue weighted by molar-refractivity contribution is 6.10. The summed E-state index contributed by atoms with van der Waals surface area (Å²) >= 11 is 0. The van der Waals surface area contributed by atoms with Crippen molar-refractivity contribution in [2.75, 3.05) is 18.0 Å². The molecule has 1 aromatic carbocycles. The van der Waals surface area contributed by atoms with Gasteiger partial charge in [0.15, 0.2) is 0 Å². The number of carbonyl (C=O) groups is 3. The summed E-state index contributed by atoms with van der Waals surface area (Å²) in [5, 5.41) is 2.80. The molecule has 6 nitrogen and oxygen atoms in total. The van der Waals surface area contributed by atoms with E-state index < -0.39 is 35.7 Å². The minimum Gasteiger partial charge on any atom is -0.323 e. The quantitative estimate of drug-likeness (QED) is 0.786. The fourth-order valence-corrected chi connectivity index (χ4v) is 4.86. The zero-order valence-corrected chi connectivity index (χ0v) is 16.5. The molecule has 8 heteroatoms. The zero-order valence-electron chi connectivity index (χ0n) is 16.5. The number of halogens is 2. The molecule has 4 amide bonds. The van der Waals surface area contributed by atoms with Crippen molar-refractivity contribution in [3.05, 3.63) is 29.3 Å². The minimum absolute atomic E-state index is 0.0490. The van der Waals surface area contributed by atoms with E-state index >= 15 is 0 Å². The van der Waals surface area contributed by atoms with E-state index in [0.29, 0.717) is 37.2 Å². The molecule has 1 aromatic rings. The highest BCUT2D eigenvalue weighted by Crippen LogP contribution is 2.38. The van der Waals surface area contributed by atoms with Crippen LogP contribution in [0.25, 0.3) is 0 Å². The van der Waals surface area contributed by atoms with Gasteiger partial charge in [-0.3, -0.25) is 14.5 Å². The SMILES string of the molecule is CCC1CCC2(CC1)NC(=O)N(CC(=O)N1CCCc3cc(F)cc(F)c31)C2=O. The first-order valence-electron chi connectivity index (χ1n) is 10.3. The van der Waals surface area contributed by atoms with Gasteiger partial charge in [-0.1, -0.05) is 13.3 Å². The van der Waals surface area contributed by atoms with E-state index in [1.165, 1.54) is 11.0 Å². The van der Waals surface area contributed by atoms with E-state index in [-0.39, 0.29) is 18.1 Å². The fraction of sp³-hybridized carbons (Fsp3) is 0.571. The molecule has 2 heterocycles. The van der Waals surface area contributed by atoms with Gasteiger partial charge in [-0.2, -0.15) is 0 Å². The molecule has 3 aliphatic rings. The average molecular weight is 405 g/mol. The number of fused-ring (bicyclic) bond motifs is 1. The number of aryl methyl sites for hydroxylation is 1. The molecule has 0 aromatic heterocycles. The number of anilines is 1. The first-order chi connectivity index (χ1) is 13.8. The van der Waals surface area contributed by atoms with Crippen LogP contribution in [0, 0.1) is 17.6 Å². The Morgan fingerprint density at radius 2 is 1.97 bits per heavy atom. The van der Waals surface area contributed by atoms with E-state index in [9.17, 15) is 23.2 Å². The second-order valence-corrected chi connectivity index (χ2v) is 8.30. The van der Waals surface area contributed by atoms with Crippen LogP contribution in [0.15, 0.2) is 12.1 Å². The van der Waals surface area contributed by atoms with Crippen molar-refractivity contribution in [3.8, 4) is 0 Å². The van der Waals surface area contributed by atoms with Crippen LogP contribution in [0.5, 0.6) is 0 Å². The molecule has 1 spiro atoms. The minimum atomic E-state index is -0.919. The van der Waals surface area contributed by atoms with Crippen molar-refractivity contribution < 1.29 is 23.2 Å². The van der Waals surface area contributed by atoms with Gasteiger partial charge in [0.1, 0.15) is 23.7 Å². The number of imide groups is 1. The number of benzene rings is 1. The predicted molar refractivity (Wildman–Crippen MR) is 102 cm³/mol. The average Bonchev–Trinajstić information content (AvgIpc) is 2.92. The maximum Gasteiger partial charge on any atom is 0.325 e. The first kappa shape index (κ1) is 19.8. The lowest BCUT2D eigenvalue weighted by Gasteiger charge is -2.34. The third-order valence-electron chi connectivity index (χ3n) is 6.58. The predicted octanol–water partition coefficient (Wildman–Crippen LogP) is 3.13. The molecule has 2 fully saturated rings. The number of urea groups is 1. The molecule has 0 radical (unpaired) electrons. The van der Waals surface area contributed by atoms with Crippen LogP contribution in [0.3, 0.4) is 0 Å². The molecule has 156 valence electrons. The van der Waals surface area contributed by atoms with Gasteiger partial charge < -0.3 is 10.2 Å². The van der Waals surface area contributed by atoms with Crippen molar-refractivity contribution >= 4 is 23.5 Å². The summed E-state index contributed by atoms with van der Waals surface area (Å²) in [6, 6.07) is 1.40. The van der Waals surface area contributed by atoms with Crippen LogP contribution in [0.1, 0.15) is 51.0 Å². The van der Waals surface area contributed by atoms with Crippen molar-refractivity contribution in [2.45, 2.75) is 57.4 Å². The molecule has 4 rings (SSSR count). The number of amides is 4. The van der Waals surface area contributed by atoms with Gasteiger partial charge in [0.2, 0.25) is 5.91 Å². The lowest BCUT2D eigenvalue weighted by Crippen LogP contribution is -2.50. The van der Waals surface area contributed by atoms with Gasteiger partial charge in [0.05, 0.1) is 5.69 Å². The van der Waals surface area contributed by atoms with Gasteiger partial charge in [0, 0.05) is 12.6 Å². The summed E-state index contributed by atoms with van der Waals surface area (Å²) in [7, 11) is 0. The number of hydrogen-bond acceptors (Lipinski definition) is 3. The molecule has 0 unspecified atom stereocenters. The van der Waals surface area contributed by atoms with Crippen molar-refractivity contribution in [1.82, 2.24) is 10.2 Å². The van der Waals surface area contributed by atoms with Crippen molar-refractivity contribution in [3.63, 3.8) is 0 Å². The number of carbonyl (C=O) groups excluding carboxylic acids is 3. The summed E-state index contributed by atoms with van der Waals surface area (Å²) in [6.45, 7) is 1.94. The summed E-state index contributed by atoms with van der Waals surface area (Å²) in [6.07, 6.45) is 4.94. The monoisotopic (exact) mass is 405 g/mol. The second-order valence-electron chi connectivity index (χ2n) is 8.30. The molecule has 29 heavy (non-hydrogen) atoms. The first-order valence-corrected chi connectivity index (χ1v) is 10.3. The molecular weight excluding hydrogens is 380 g/mol. The van der Waals surface area contributed by atoms with E-state index in [2.05, 4.69) is 12.2 Å². The van der Waals surface area contributed by atoms with Crippen LogP contribution in [-0.2, 0) is 16.0 Å². The van der Waals surface area contributed by atoms with Crippen LogP contribution in [-0.4, -0.2) is 41.4 Å². The molecule has 2 aliphatic heterocycles. The normalized spacial score (nSPS) is 26.7. The van der Waals surface area contributed by atoms with E-state index in [1.54, 1.807) is 0 Å². The number of hydrogen-bond donors (Lipinski definition) is 1. The van der Waals surface area contributed by atoms with E-state index in [4.69, 9.17) is 0 Å². The Kier molecular flexibility index (Phi) is 5.04. The van der Waals surface area contributed by atoms with Crippen LogP contribution in [0.2, 0.25) is 0 Å². The molecule has 1 aliphatic carbocycles. The van der Waals surface area contributed by atoms with Crippen LogP contribution in [0.4, 0.5) is 19.3 Å². The highest BCUT2D eigenvalue weighted by Gasteiger charge is 2.52. The number of rotatable bonds is 3. The Morgan fingerprint density at radius 3 is 2.66 bits per heavy atom. The molecular formula is C21H25F2N3O3. The summed E-state index contributed by atoms with van der Waals surface area (Å²) in [5.74, 6) is -1.86. The molecule has 0 bridgehead atoms. The molecule has 1 saturated carbocycles. The van der Waals surface area contributed by atoms with E-state index in [1.807, 2.05) is 0 Å². The highest BCUT2D eigenvalue weighted by atomic mass is 19.1. The Bertz CT molecular complexity index is 865. The van der Waals surface area contributed by atoms with Gasteiger partial charge in [0.25, 0.3) is 5.91 Å². The van der Waals surface area contributed by atoms with Crippen LogP contribution < -0.4 is 10.2 Å². The Balaban J connectivity index is 1.51. The third-order valence-corrected chi connectivity index (χ3v) is 6.58. The standard InChI is InChI=1S/C21H25F2N3O3/c1-2-13-5-7-21(8-6-13)19(28)26(20(29)24-21)12-17(27)25-9-3-4-14-10-15(22)11-16(23)18(14)25/h10-11,13H,2-9,12H2,1H3,(H,24,29). The summed E-state index contributed by atoms with van der Waals surface area (Å²) in [4.78, 5) is 40.6. The van der Waals surface area contributed by atoms with Gasteiger partial charge in [-0.05, 0) is 56.1 Å². The van der Waals surface area contributed by atoms with Gasteiger partial charge >= 0.3 is 6.03 Å². The Hall–Kier alpha value is -2.51. The van der Waals surface area contributed by atoms with Gasteiger partial charge in [-0.25, -0.2) is 13.6 Å². The maximum atomic E-state index is 14.4. The van der Waals surface area contributed by atoms with Crippen molar-refractivity contribution in [1.29, 1.82) is 0 Å². The molecule has 1 N–H and O–H groups in total. The fourth-order valence-electron chi connectivity index (χ4n) is 4.86. The lowest BCUT2D eigenvalue weighted by atomic mass is 9.75. The number of nitrogens with zero attached hydrogens (tertiary/aromatic N) is 2. The third kappa shape index (κ3) is 3.38.